The summed E-state index contributed by atoms with van der Waals surface area (Å²) in [4.78, 5) is 11.0. The molecule has 3 heterocycles. The Balaban J connectivity index is 1.69. The summed E-state index contributed by atoms with van der Waals surface area (Å²) in [5, 5.41) is 24.0. The van der Waals surface area contributed by atoms with Crippen LogP contribution < -0.4 is 4.74 Å². The maximum atomic E-state index is 10.9. The number of rotatable bonds is 7. The SMILES string of the molecule is COc1ccc2[nH]cc(C(C#N)C(/C(=C(/C#N)c3c[nH]c4ccccc34)c3ccc(Cl)cc3)c3cccnc3)c2c1. The van der Waals surface area contributed by atoms with E-state index in [1.165, 1.54) is 0 Å². The van der Waals surface area contributed by atoms with E-state index in [0.29, 0.717) is 21.9 Å². The van der Waals surface area contributed by atoms with Crippen LogP contribution in [0.25, 0.3) is 33.0 Å². The lowest BCUT2D eigenvalue weighted by Gasteiger charge is -2.27. The summed E-state index contributed by atoms with van der Waals surface area (Å²) in [5.74, 6) is -0.541. The first-order valence-corrected chi connectivity index (χ1v) is 13.4. The Hall–Kier alpha value is -5.30. The van der Waals surface area contributed by atoms with E-state index in [1.54, 1.807) is 31.6 Å². The van der Waals surface area contributed by atoms with E-state index in [1.807, 2.05) is 79.1 Å². The van der Waals surface area contributed by atoms with Gasteiger partial charge >= 0.3 is 0 Å². The average Bonchev–Trinajstić information content (AvgIpc) is 3.64. The summed E-state index contributed by atoms with van der Waals surface area (Å²) >= 11 is 6.30. The van der Waals surface area contributed by atoms with Crippen molar-refractivity contribution < 1.29 is 4.74 Å². The van der Waals surface area contributed by atoms with Crippen molar-refractivity contribution in [3.8, 4) is 17.9 Å². The molecule has 0 amide bonds. The van der Waals surface area contributed by atoms with Gasteiger partial charge in [-0.25, -0.2) is 0 Å². The van der Waals surface area contributed by atoms with Gasteiger partial charge in [-0.15, -0.1) is 0 Å². The second kappa shape index (κ2) is 11.1. The van der Waals surface area contributed by atoms with E-state index in [-0.39, 0.29) is 0 Å². The lowest BCUT2D eigenvalue weighted by molar-refractivity contribution is 0.415. The van der Waals surface area contributed by atoms with Crippen LogP contribution in [0.2, 0.25) is 5.02 Å². The zero-order chi connectivity index (χ0) is 28.3. The van der Waals surface area contributed by atoms with Gasteiger partial charge in [0.2, 0.25) is 0 Å². The van der Waals surface area contributed by atoms with Gasteiger partial charge in [-0.05, 0) is 64.7 Å². The Kier molecular flexibility index (Phi) is 7.00. The fraction of sp³-hybridized carbons (Fsp3) is 0.0882. The number of nitrogens with zero attached hydrogens (tertiary/aromatic N) is 3. The van der Waals surface area contributed by atoms with Crippen molar-refractivity contribution in [3.05, 3.63) is 131 Å². The zero-order valence-electron chi connectivity index (χ0n) is 22.1. The molecule has 0 saturated carbocycles. The minimum absolute atomic E-state index is 0.469. The highest BCUT2D eigenvalue weighted by Crippen LogP contribution is 2.48. The number of benzene rings is 3. The molecule has 0 aliphatic carbocycles. The zero-order valence-corrected chi connectivity index (χ0v) is 22.9. The molecule has 0 saturated heterocycles. The predicted molar refractivity (Wildman–Crippen MR) is 162 cm³/mol. The molecule has 198 valence electrons. The third-order valence-corrected chi connectivity index (χ3v) is 7.73. The molecule has 3 aromatic heterocycles. The Morgan fingerprint density at radius 2 is 1.68 bits per heavy atom. The number of fused-ring (bicyclic) bond motifs is 2. The third kappa shape index (κ3) is 4.72. The topological polar surface area (TPSA) is 101 Å². The maximum Gasteiger partial charge on any atom is 0.119 e. The van der Waals surface area contributed by atoms with Gasteiger partial charge in [0, 0.05) is 63.1 Å². The molecule has 2 N–H and O–H groups in total. The highest BCUT2D eigenvalue weighted by atomic mass is 35.5. The minimum atomic E-state index is -0.681. The number of allylic oxidation sites excluding steroid dienone is 2. The van der Waals surface area contributed by atoms with Crippen LogP contribution in [0.4, 0.5) is 0 Å². The Bertz CT molecular complexity index is 1970. The first kappa shape index (κ1) is 26.0. The summed E-state index contributed by atoms with van der Waals surface area (Å²) in [7, 11) is 1.62. The highest BCUT2D eigenvalue weighted by Gasteiger charge is 2.34. The van der Waals surface area contributed by atoms with Crippen molar-refractivity contribution in [2.75, 3.05) is 7.11 Å². The smallest absolute Gasteiger partial charge is 0.119 e. The van der Waals surface area contributed by atoms with Crippen LogP contribution >= 0.6 is 11.6 Å². The fourth-order valence-electron chi connectivity index (χ4n) is 5.57. The van der Waals surface area contributed by atoms with E-state index in [4.69, 9.17) is 16.3 Å². The van der Waals surface area contributed by atoms with Crippen molar-refractivity contribution in [1.29, 1.82) is 10.5 Å². The number of hydrogen-bond acceptors (Lipinski definition) is 4. The molecular weight excluding hydrogens is 530 g/mol. The van der Waals surface area contributed by atoms with Crippen molar-refractivity contribution in [2.45, 2.75) is 11.8 Å². The largest absolute Gasteiger partial charge is 0.497 e. The molecule has 0 spiro atoms. The van der Waals surface area contributed by atoms with Crippen molar-refractivity contribution >= 4 is 44.6 Å². The number of H-pyrrole nitrogens is 2. The first-order valence-electron chi connectivity index (χ1n) is 13.0. The van der Waals surface area contributed by atoms with Gasteiger partial charge in [0.25, 0.3) is 0 Å². The molecule has 6 nitrogen and oxygen atoms in total. The van der Waals surface area contributed by atoms with Gasteiger partial charge in [0.15, 0.2) is 0 Å². The van der Waals surface area contributed by atoms with Crippen LogP contribution in [0, 0.1) is 22.7 Å². The molecule has 2 unspecified atom stereocenters. The summed E-state index contributed by atoms with van der Waals surface area (Å²) in [6.07, 6.45) is 7.20. The molecule has 0 fully saturated rings. The quantitative estimate of drug-likeness (QED) is 0.194. The van der Waals surface area contributed by atoms with E-state index in [9.17, 15) is 10.5 Å². The molecule has 0 aliphatic rings. The van der Waals surface area contributed by atoms with Crippen molar-refractivity contribution in [2.24, 2.45) is 0 Å². The number of hydrogen-bond donors (Lipinski definition) is 2. The number of halogens is 1. The Morgan fingerprint density at radius 1 is 0.902 bits per heavy atom. The third-order valence-electron chi connectivity index (χ3n) is 7.48. The molecule has 0 aliphatic heterocycles. The number of methoxy groups -OCH3 is 1. The average molecular weight is 554 g/mol. The van der Waals surface area contributed by atoms with E-state index >= 15 is 0 Å². The normalized spacial score (nSPS) is 13.3. The number of para-hydroxylation sites is 1. The predicted octanol–water partition coefficient (Wildman–Crippen LogP) is 8.23. The van der Waals surface area contributed by atoms with Gasteiger partial charge in [-0.2, -0.15) is 10.5 Å². The lowest BCUT2D eigenvalue weighted by Crippen LogP contribution is -2.14. The number of pyridine rings is 1. The lowest BCUT2D eigenvalue weighted by atomic mass is 9.73. The maximum absolute atomic E-state index is 10.9. The first-order chi connectivity index (χ1) is 20.1. The molecule has 6 rings (SSSR count). The van der Waals surface area contributed by atoms with Crippen LogP contribution in [-0.4, -0.2) is 22.1 Å². The number of nitrogens with one attached hydrogen (secondary N) is 2. The minimum Gasteiger partial charge on any atom is -0.497 e. The summed E-state index contributed by atoms with van der Waals surface area (Å²) in [6.45, 7) is 0. The molecular formula is C34H24ClN5O. The van der Waals surface area contributed by atoms with Gasteiger partial charge in [-0.3, -0.25) is 4.98 Å². The van der Waals surface area contributed by atoms with Gasteiger partial charge in [0.1, 0.15) is 11.8 Å². The molecule has 7 heteroatoms. The Morgan fingerprint density at radius 3 is 2.41 bits per heavy atom. The number of nitriles is 2. The second-order valence-electron chi connectivity index (χ2n) is 9.68. The van der Waals surface area contributed by atoms with Crippen LogP contribution in [0.3, 0.4) is 0 Å². The van der Waals surface area contributed by atoms with Crippen molar-refractivity contribution in [1.82, 2.24) is 15.0 Å². The van der Waals surface area contributed by atoms with Crippen LogP contribution in [0.15, 0.2) is 104 Å². The number of ether oxygens (including phenoxy) is 1. The van der Waals surface area contributed by atoms with Gasteiger partial charge < -0.3 is 14.7 Å². The van der Waals surface area contributed by atoms with Crippen LogP contribution in [0.5, 0.6) is 5.75 Å². The molecule has 2 atom stereocenters. The van der Waals surface area contributed by atoms with Crippen LogP contribution in [0.1, 0.15) is 34.1 Å². The standard InChI is InChI=1S/C34H24ClN5O/c1-41-24-12-13-32-26(15-24)30(20-40-32)28(17-37)34(22-5-4-14-38-18-22)33(21-8-10-23(35)11-9-21)27(16-36)29-19-39-31-7-3-2-6-25(29)31/h2-15,18-20,28,34,39-40H,1H3/b33-27-. The number of aromatic nitrogens is 3. The highest BCUT2D eigenvalue weighted by molar-refractivity contribution is 6.30. The molecule has 3 aromatic carbocycles. The van der Waals surface area contributed by atoms with Crippen LogP contribution in [-0.2, 0) is 0 Å². The van der Waals surface area contributed by atoms with E-state index in [2.05, 4.69) is 27.1 Å². The Labute approximate surface area is 242 Å². The monoisotopic (exact) mass is 553 g/mol. The summed E-state index contributed by atoms with van der Waals surface area (Å²) in [5.41, 5.74) is 6.17. The fourth-order valence-corrected chi connectivity index (χ4v) is 5.69. The van der Waals surface area contributed by atoms with Crippen molar-refractivity contribution in [3.63, 3.8) is 0 Å². The molecule has 0 radical (unpaired) electrons. The molecule has 0 bridgehead atoms. The van der Waals surface area contributed by atoms with Gasteiger partial charge in [-0.1, -0.05) is 48.0 Å². The summed E-state index contributed by atoms with van der Waals surface area (Å²) < 4.78 is 5.50. The molecule has 6 aromatic rings. The summed E-state index contributed by atoms with van der Waals surface area (Å²) in [6, 6.07) is 29.9. The van der Waals surface area contributed by atoms with E-state index < -0.39 is 11.8 Å². The second-order valence-corrected chi connectivity index (χ2v) is 10.1. The van der Waals surface area contributed by atoms with Gasteiger partial charge in [0.05, 0.1) is 24.7 Å². The molecule has 41 heavy (non-hydrogen) atoms. The number of aromatic amines is 2. The van der Waals surface area contributed by atoms with E-state index in [0.717, 1.165) is 44.1 Å².